The Morgan fingerprint density at radius 1 is 1.10 bits per heavy atom. The van der Waals surface area contributed by atoms with Crippen molar-refractivity contribution >= 4 is 17.7 Å². The summed E-state index contributed by atoms with van der Waals surface area (Å²) in [5.41, 5.74) is 2.22. The van der Waals surface area contributed by atoms with Crippen molar-refractivity contribution in [2.45, 2.75) is 6.54 Å². The Labute approximate surface area is 125 Å². The minimum Gasteiger partial charge on any atom is -0.488 e. The van der Waals surface area contributed by atoms with Crippen LogP contribution in [0.15, 0.2) is 54.6 Å². The molecule has 0 amide bonds. The molecular weight excluding hydrogens is 270 g/mol. The van der Waals surface area contributed by atoms with E-state index < -0.39 is 0 Å². The van der Waals surface area contributed by atoms with E-state index in [9.17, 15) is 0 Å². The molecular formula is C17H18ClNO. The summed E-state index contributed by atoms with van der Waals surface area (Å²) >= 11 is 6.18. The third-order valence-electron chi connectivity index (χ3n) is 2.85. The van der Waals surface area contributed by atoms with E-state index in [0.29, 0.717) is 11.6 Å². The van der Waals surface area contributed by atoms with Crippen molar-refractivity contribution in [3.63, 3.8) is 0 Å². The summed E-state index contributed by atoms with van der Waals surface area (Å²) in [6.45, 7) is 1.23. The number of nitrogens with one attached hydrogen (secondary N) is 1. The van der Waals surface area contributed by atoms with Gasteiger partial charge in [0.05, 0.1) is 5.02 Å². The zero-order chi connectivity index (χ0) is 14.2. The number of rotatable bonds is 6. The Kier molecular flexibility index (Phi) is 5.66. The number of benzene rings is 2. The van der Waals surface area contributed by atoms with Gasteiger partial charge in [0, 0.05) is 12.1 Å². The van der Waals surface area contributed by atoms with Crippen molar-refractivity contribution in [2.75, 3.05) is 13.7 Å². The molecule has 2 rings (SSSR count). The van der Waals surface area contributed by atoms with Gasteiger partial charge in [-0.25, -0.2) is 0 Å². The van der Waals surface area contributed by atoms with Gasteiger partial charge in [0.25, 0.3) is 0 Å². The zero-order valence-electron chi connectivity index (χ0n) is 11.5. The van der Waals surface area contributed by atoms with Crippen LogP contribution in [0.5, 0.6) is 5.75 Å². The SMILES string of the molecule is CNCc1cccc(Cl)c1OC/C=C/c1ccccc1. The Morgan fingerprint density at radius 2 is 1.90 bits per heavy atom. The molecule has 0 saturated carbocycles. The van der Waals surface area contributed by atoms with Gasteiger partial charge in [0.2, 0.25) is 0 Å². The summed E-state index contributed by atoms with van der Waals surface area (Å²) in [6.07, 6.45) is 4.02. The number of hydrogen-bond acceptors (Lipinski definition) is 2. The second-order valence-corrected chi connectivity index (χ2v) is 4.79. The fourth-order valence-corrected chi connectivity index (χ4v) is 2.17. The van der Waals surface area contributed by atoms with Crippen LogP contribution < -0.4 is 10.1 Å². The van der Waals surface area contributed by atoms with Gasteiger partial charge in [-0.3, -0.25) is 0 Å². The van der Waals surface area contributed by atoms with Crippen molar-refractivity contribution in [2.24, 2.45) is 0 Å². The lowest BCUT2D eigenvalue weighted by molar-refractivity contribution is 0.359. The van der Waals surface area contributed by atoms with Crippen LogP contribution >= 0.6 is 11.6 Å². The van der Waals surface area contributed by atoms with E-state index in [1.807, 2.05) is 55.6 Å². The van der Waals surface area contributed by atoms with E-state index in [-0.39, 0.29) is 0 Å². The van der Waals surface area contributed by atoms with Gasteiger partial charge in [-0.1, -0.05) is 60.1 Å². The average Bonchev–Trinajstić information content (AvgIpc) is 2.47. The Bertz CT molecular complexity index is 566. The van der Waals surface area contributed by atoms with Gasteiger partial charge in [-0.15, -0.1) is 0 Å². The molecule has 2 aromatic rings. The van der Waals surface area contributed by atoms with Crippen LogP contribution in [0.25, 0.3) is 6.08 Å². The molecule has 20 heavy (non-hydrogen) atoms. The molecule has 2 aromatic carbocycles. The minimum absolute atomic E-state index is 0.495. The van der Waals surface area contributed by atoms with Crippen molar-refractivity contribution in [1.82, 2.24) is 5.32 Å². The lowest BCUT2D eigenvalue weighted by Crippen LogP contribution is -2.07. The van der Waals surface area contributed by atoms with Crippen LogP contribution in [-0.2, 0) is 6.54 Å². The molecule has 0 fully saturated rings. The first-order valence-electron chi connectivity index (χ1n) is 6.57. The highest BCUT2D eigenvalue weighted by molar-refractivity contribution is 6.32. The predicted octanol–water partition coefficient (Wildman–Crippen LogP) is 4.15. The van der Waals surface area contributed by atoms with E-state index in [2.05, 4.69) is 17.4 Å². The topological polar surface area (TPSA) is 21.3 Å². The molecule has 0 heterocycles. The first-order valence-corrected chi connectivity index (χ1v) is 6.95. The van der Waals surface area contributed by atoms with Crippen LogP contribution in [0.2, 0.25) is 5.02 Å². The van der Waals surface area contributed by atoms with Gasteiger partial charge in [0.15, 0.2) is 0 Å². The zero-order valence-corrected chi connectivity index (χ0v) is 12.2. The molecule has 0 aliphatic heterocycles. The first kappa shape index (κ1) is 14.6. The average molecular weight is 288 g/mol. The van der Waals surface area contributed by atoms with Gasteiger partial charge >= 0.3 is 0 Å². The van der Waals surface area contributed by atoms with Crippen LogP contribution in [0.4, 0.5) is 0 Å². The maximum atomic E-state index is 6.18. The molecule has 0 aliphatic carbocycles. The summed E-state index contributed by atoms with van der Waals surface area (Å²) in [5, 5.41) is 3.76. The standard InChI is InChI=1S/C17H18ClNO/c1-19-13-15-10-5-11-16(18)17(15)20-12-6-9-14-7-3-2-4-8-14/h2-11,19H,12-13H2,1H3/b9-6+. The van der Waals surface area contributed by atoms with E-state index in [1.54, 1.807) is 0 Å². The Hall–Kier alpha value is -1.77. The second kappa shape index (κ2) is 7.73. The van der Waals surface area contributed by atoms with Crippen molar-refractivity contribution in [1.29, 1.82) is 0 Å². The van der Waals surface area contributed by atoms with E-state index in [1.165, 1.54) is 0 Å². The van der Waals surface area contributed by atoms with E-state index in [0.717, 1.165) is 23.4 Å². The van der Waals surface area contributed by atoms with Gasteiger partial charge in [-0.2, -0.15) is 0 Å². The number of ether oxygens (including phenoxy) is 1. The van der Waals surface area contributed by atoms with Crippen molar-refractivity contribution in [3.05, 3.63) is 70.8 Å². The molecule has 0 aromatic heterocycles. The van der Waals surface area contributed by atoms with Crippen molar-refractivity contribution in [3.8, 4) is 5.75 Å². The molecule has 0 aliphatic rings. The maximum absolute atomic E-state index is 6.18. The summed E-state index contributed by atoms with van der Waals surface area (Å²) in [6, 6.07) is 15.9. The number of hydrogen-bond donors (Lipinski definition) is 1. The number of para-hydroxylation sites is 1. The lowest BCUT2D eigenvalue weighted by Gasteiger charge is -2.11. The Balaban J connectivity index is 1.99. The molecule has 3 heteroatoms. The fraction of sp³-hybridized carbons (Fsp3) is 0.176. The maximum Gasteiger partial charge on any atom is 0.142 e. The minimum atomic E-state index is 0.495. The second-order valence-electron chi connectivity index (χ2n) is 4.38. The lowest BCUT2D eigenvalue weighted by atomic mass is 10.2. The van der Waals surface area contributed by atoms with Gasteiger partial charge in [0.1, 0.15) is 12.4 Å². The summed E-state index contributed by atoms with van der Waals surface area (Å²) < 4.78 is 5.78. The quantitative estimate of drug-likeness (QED) is 0.862. The molecule has 2 nitrogen and oxygen atoms in total. The molecule has 0 radical (unpaired) electrons. The largest absolute Gasteiger partial charge is 0.488 e. The highest BCUT2D eigenvalue weighted by atomic mass is 35.5. The summed E-state index contributed by atoms with van der Waals surface area (Å²) in [7, 11) is 1.90. The van der Waals surface area contributed by atoms with E-state index in [4.69, 9.17) is 16.3 Å². The van der Waals surface area contributed by atoms with Crippen LogP contribution in [0, 0.1) is 0 Å². The van der Waals surface area contributed by atoms with Crippen LogP contribution in [-0.4, -0.2) is 13.7 Å². The molecule has 1 N–H and O–H groups in total. The molecule has 0 saturated heterocycles. The van der Waals surface area contributed by atoms with Crippen LogP contribution in [0.3, 0.4) is 0 Å². The fourth-order valence-electron chi connectivity index (χ4n) is 1.92. The molecule has 0 unspecified atom stereocenters. The van der Waals surface area contributed by atoms with E-state index >= 15 is 0 Å². The van der Waals surface area contributed by atoms with Gasteiger partial charge < -0.3 is 10.1 Å². The summed E-state index contributed by atoms with van der Waals surface area (Å²) in [4.78, 5) is 0. The van der Waals surface area contributed by atoms with Crippen LogP contribution in [0.1, 0.15) is 11.1 Å². The third kappa shape index (κ3) is 4.12. The third-order valence-corrected chi connectivity index (χ3v) is 3.15. The molecule has 104 valence electrons. The molecule has 0 atom stereocenters. The highest BCUT2D eigenvalue weighted by Crippen LogP contribution is 2.28. The highest BCUT2D eigenvalue weighted by Gasteiger charge is 2.06. The van der Waals surface area contributed by atoms with Crippen molar-refractivity contribution < 1.29 is 4.74 Å². The first-order chi connectivity index (χ1) is 9.81. The molecule has 0 bridgehead atoms. The smallest absolute Gasteiger partial charge is 0.142 e. The van der Waals surface area contributed by atoms with Gasteiger partial charge in [-0.05, 0) is 24.8 Å². The Morgan fingerprint density at radius 3 is 2.65 bits per heavy atom. The monoisotopic (exact) mass is 287 g/mol. The summed E-state index contributed by atoms with van der Waals surface area (Å²) in [5.74, 6) is 0.751. The normalized spacial score (nSPS) is 10.9. The predicted molar refractivity (Wildman–Crippen MR) is 85.2 cm³/mol. The molecule has 0 spiro atoms. The number of halogens is 1.